The number of nitrogens with two attached hydrogens (primary N) is 1. The summed E-state index contributed by atoms with van der Waals surface area (Å²) in [5.41, 5.74) is 5.61. The van der Waals surface area contributed by atoms with Crippen LogP contribution in [-0.4, -0.2) is 25.8 Å². The second kappa shape index (κ2) is 6.45. The van der Waals surface area contributed by atoms with Crippen molar-refractivity contribution in [2.45, 2.75) is 38.3 Å². The van der Waals surface area contributed by atoms with E-state index < -0.39 is 12.6 Å². The molecule has 5 heteroatoms. The van der Waals surface area contributed by atoms with E-state index in [4.69, 9.17) is 5.73 Å². The van der Waals surface area contributed by atoms with E-state index >= 15 is 0 Å². The topological polar surface area (TPSA) is 38.0 Å². The van der Waals surface area contributed by atoms with Crippen LogP contribution in [0.2, 0.25) is 0 Å². The summed E-state index contributed by atoms with van der Waals surface area (Å²) in [5, 5.41) is 2.90. The van der Waals surface area contributed by atoms with E-state index in [-0.39, 0.29) is 6.54 Å². The molecular weight excluding hydrogens is 217 g/mol. The third kappa shape index (κ3) is 5.70. The summed E-state index contributed by atoms with van der Waals surface area (Å²) >= 11 is 0. The molecule has 2 atom stereocenters. The first kappa shape index (κ1) is 13.8. The molecule has 0 saturated heterocycles. The first-order valence-electron chi connectivity index (χ1n) is 5.99. The molecule has 96 valence electrons. The predicted molar refractivity (Wildman–Crippen MR) is 58.0 cm³/mol. The first-order chi connectivity index (χ1) is 7.51. The van der Waals surface area contributed by atoms with Crippen molar-refractivity contribution in [1.82, 2.24) is 5.32 Å². The quantitative estimate of drug-likeness (QED) is 0.721. The predicted octanol–water partition coefficient (Wildman–Crippen LogP) is 2.29. The fourth-order valence-corrected chi connectivity index (χ4v) is 2.34. The zero-order valence-electron chi connectivity index (χ0n) is 9.52. The molecule has 0 aromatic carbocycles. The number of hydrogen-bond donors (Lipinski definition) is 2. The molecule has 3 N–H and O–H groups in total. The van der Waals surface area contributed by atoms with Crippen LogP contribution < -0.4 is 11.1 Å². The van der Waals surface area contributed by atoms with Crippen molar-refractivity contribution in [2.75, 3.05) is 19.6 Å². The Bertz CT molecular complexity index is 194. The molecule has 1 aliphatic rings. The third-order valence-electron chi connectivity index (χ3n) is 3.24. The minimum atomic E-state index is -4.04. The zero-order valence-corrected chi connectivity index (χ0v) is 9.52. The molecule has 0 aromatic rings. The lowest BCUT2D eigenvalue weighted by atomic mass is 9.81. The van der Waals surface area contributed by atoms with Gasteiger partial charge in [-0.05, 0) is 44.2 Å². The van der Waals surface area contributed by atoms with Crippen molar-refractivity contribution in [3.8, 4) is 0 Å². The van der Waals surface area contributed by atoms with Gasteiger partial charge < -0.3 is 11.1 Å². The summed E-state index contributed by atoms with van der Waals surface area (Å²) < 4.78 is 35.6. The summed E-state index contributed by atoms with van der Waals surface area (Å²) in [7, 11) is 0. The van der Waals surface area contributed by atoms with E-state index in [2.05, 4.69) is 5.32 Å². The molecule has 2 nitrogen and oxygen atoms in total. The van der Waals surface area contributed by atoms with E-state index in [9.17, 15) is 13.2 Å². The summed E-state index contributed by atoms with van der Waals surface area (Å²) in [6.07, 6.45) is -0.256. The van der Waals surface area contributed by atoms with Crippen molar-refractivity contribution in [3.63, 3.8) is 0 Å². The average molecular weight is 238 g/mol. The van der Waals surface area contributed by atoms with Gasteiger partial charge in [0.2, 0.25) is 0 Å². The highest BCUT2D eigenvalue weighted by molar-refractivity contribution is 4.75. The van der Waals surface area contributed by atoms with Crippen LogP contribution >= 0.6 is 0 Å². The van der Waals surface area contributed by atoms with Gasteiger partial charge in [-0.25, -0.2) is 0 Å². The van der Waals surface area contributed by atoms with Gasteiger partial charge in [-0.15, -0.1) is 0 Å². The van der Waals surface area contributed by atoms with Gasteiger partial charge >= 0.3 is 6.18 Å². The minimum Gasteiger partial charge on any atom is -0.330 e. The monoisotopic (exact) mass is 238 g/mol. The van der Waals surface area contributed by atoms with Crippen molar-refractivity contribution >= 4 is 0 Å². The largest absolute Gasteiger partial charge is 0.390 e. The first-order valence-corrected chi connectivity index (χ1v) is 5.99. The number of nitrogens with one attached hydrogen (secondary N) is 1. The molecule has 0 amide bonds. The Morgan fingerprint density at radius 2 is 1.88 bits per heavy atom. The van der Waals surface area contributed by atoms with Gasteiger partial charge in [0.15, 0.2) is 0 Å². The van der Waals surface area contributed by atoms with E-state index in [0.717, 1.165) is 19.3 Å². The molecule has 0 radical (unpaired) electrons. The van der Waals surface area contributed by atoms with E-state index in [1.165, 1.54) is 6.42 Å². The highest BCUT2D eigenvalue weighted by atomic mass is 19.4. The standard InChI is InChI=1S/C11H21F3N2/c12-11(13,14)4-5-16-8-10-3-1-2-9(6-10)7-15/h9-10,16H,1-8,15H2/t9-,10+/m0/s1. The van der Waals surface area contributed by atoms with E-state index in [0.29, 0.717) is 24.9 Å². The van der Waals surface area contributed by atoms with Crippen LogP contribution in [0.4, 0.5) is 13.2 Å². The Labute approximate surface area is 94.8 Å². The van der Waals surface area contributed by atoms with Gasteiger partial charge in [0, 0.05) is 6.54 Å². The molecule has 1 rings (SSSR count). The smallest absolute Gasteiger partial charge is 0.330 e. The van der Waals surface area contributed by atoms with Gasteiger partial charge in [-0.3, -0.25) is 0 Å². The van der Waals surface area contributed by atoms with E-state index in [1.54, 1.807) is 0 Å². The summed E-state index contributed by atoms with van der Waals surface area (Å²) in [6.45, 7) is 1.44. The average Bonchev–Trinajstić information content (AvgIpc) is 2.23. The SMILES string of the molecule is NC[C@H]1CCC[C@@H](CNCCC(F)(F)F)C1. The van der Waals surface area contributed by atoms with Crippen LogP contribution in [0.25, 0.3) is 0 Å². The molecule has 1 saturated carbocycles. The molecule has 0 aliphatic heterocycles. The minimum absolute atomic E-state index is 0.0350. The van der Waals surface area contributed by atoms with Gasteiger partial charge in [-0.2, -0.15) is 13.2 Å². The molecule has 0 aromatic heterocycles. The normalized spacial score (nSPS) is 27.0. The Morgan fingerprint density at radius 1 is 1.19 bits per heavy atom. The van der Waals surface area contributed by atoms with Crippen molar-refractivity contribution < 1.29 is 13.2 Å². The van der Waals surface area contributed by atoms with E-state index in [1.807, 2.05) is 0 Å². The van der Waals surface area contributed by atoms with Crippen LogP contribution in [0.1, 0.15) is 32.1 Å². The second-order valence-corrected chi connectivity index (χ2v) is 4.70. The molecule has 1 fully saturated rings. The molecule has 0 bridgehead atoms. The number of halogens is 3. The number of rotatable bonds is 5. The van der Waals surface area contributed by atoms with Gasteiger partial charge in [-0.1, -0.05) is 6.42 Å². The Kier molecular flexibility index (Phi) is 5.55. The maximum Gasteiger partial charge on any atom is 0.390 e. The van der Waals surface area contributed by atoms with Crippen LogP contribution in [-0.2, 0) is 0 Å². The van der Waals surface area contributed by atoms with Crippen LogP contribution in [0.5, 0.6) is 0 Å². The summed E-state index contributed by atoms with van der Waals surface area (Å²) in [6, 6.07) is 0. The molecule has 0 unspecified atom stereocenters. The third-order valence-corrected chi connectivity index (χ3v) is 3.24. The fraction of sp³-hybridized carbons (Fsp3) is 1.00. The Balaban J connectivity index is 2.08. The summed E-state index contributed by atoms with van der Waals surface area (Å²) in [4.78, 5) is 0. The molecule has 0 heterocycles. The van der Waals surface area contributed by atoms with Crippen molar-refractivity contribution in [1.29, 1.82) is 0 Å². The van der Waals surface area contributed by atoms with Crippen LogP contribution in [0.3, 0.4) is 0 Å². The highest BCUT2D eigenvalue weighted by Crippen LogP contribution is 2.27. The van der Waals surface area contributed by atoms with Gasteiger partial charge in [0.05, 0.1) is 6.42 Å². The highest BCUT2D eigenvalue weighted by Gasteiger charge is 2.26. The molecule has 16 heavy (non-hydrogen) atoms. The molecule has 0 spiro atoms. The summed E-state index contributed by atoms with van der Waals surface area (Å²) in [5.74, 6) is 1.08. The van der Waals surface area contributed by atoms with Crippen LogP contribution in [0, 0.1) is 11.8 Å². The van der Waals surface area contributed by atoms with Crippen molar-refractivity contribution in [2.24, 2.45) is 17.6 Å². The Hall–Kier alpha value is -0.290. The lowest BCUT2D eigenvalue weighted by Crippen LogP contribution is -2.31. The lowest BCUT2D eigenvalue weighted by Gasteiger charge is -2.28. The maximum absolute atomic E-state index is 11.9. The van der Waals surface area contributed by atoms with Crippen molar-refractivity contribution in [3.05, 3.63) is 0 Å². The van der Waals surface area contributed by atoms with Gasteiger partial charge in [0.1, 0.15) is 0 Å². The molecule has 1 aliphatic carbocycles. The fourth-order valence-electron chi connectivity index (χ4n) is 2.34. The lowest BCUT2D eigenvalue weighted by molar-refractivity contribution is -0.133. The Morgan fingerprint density at radius 3 is 2.50 bits per heavy atom. The number of alkyl halides is 3. The maximum atomic E-state index is 11.9. The van der Waals surface area contributed by atoms with Gasteiger partial charge in [0.25, 0.3) is 0 Å². The molecular formula is C11H21F3N2. The number of hydrogen-bond acceptors (Lipinski definition) is 2. The second-order valence-electron chi connectivity index (χ2n) is 4.70. The zero-order chi connectivity index (χ0) is 12.0. The van der Waals surface area contributed by atoms with Crippen LogP contribution in [0.15, 0.2) is 0 Å².